The first-order valence-electron chi connectivity index (χ1n) is 5.46. The van der Waals surface area contributed by atoms with E-state index in [0.29, 0.717) is 6.61 Å². The maximum absolute atomic E-state index is 9.11. The van der Waals surface area contributed by atoms with E-state index in [-0.39, 0.29) is 6.61 Å². The van der Waals surface area contributed by atoms with Gasteiger partial charge in [-0.1, -0.05) is 31.7 Å². The molecule has 3 heteroatoms. The number of para-hydroxylation sites is 1. The van der Waals surface area contributed by atoms with E-state index in [1.165, 1.54) is 0 Å². The van der Waals surface area contributed by atoms with E-state index >= 15 is 0 Å². The highest BCUT2D eigenvalue weighted by molar-refractivity contribution is 5.32. The molecule has 0 aromatic heterocycles. The quantitative estimate of drug-likeness (QED) is 0.689. The number of nitrogens with one attached hydrogen (secondary N) is 1. The average Bonchev–Trinajstić information content (AvgIpc) is 2.34. The summed E-state index contributed by atoms with van der Waals surface area (Å²) < 4.78 is 5.59. The van der Waals surface area contributed by atoms with Gasteiger partial charge in [0.05, 0.1) is 6.61 Å². The topological polar surface area (TPSA) is 41.5 Å². The Kier molecular flexibility index (Phi) is 5.61. The lowest BCUT2D eigenvalue weighted by atomic mass is 10.2. The molecule has 0 bridgehead atoms. The summed E-state index contributed by atoms with van der Waals surface area (Å²) in [7, 11) is 0. The van der Waals surface area contributed by atoms with Crippen molar-refractivity contribution in [3.63, 3.8) is 0 Å². The fraction of sp³-hybridized carbons (Fsp3) is 0.385. The molecule has 0 unspecified atom stereocenters. The summed E-state index contributed by atoms with van der Waals surface area (Å²) in [4.78, 5) is 0. The van der Waals surface area contributed by atoms with Crippen LogP contribution >= 0.6 is 0 Å². The first-order valence-corrected chi connectivity index (χ1v) is 5.46. The zero-order valence-electron chi connectivity index (χ0n) is 9.70. The molecule has 0 aliphatic carbocycles. The highest BCUT2D eigenvalue weighted by atomic mass is 16.5. The molecule has 0 saturated heterocycles. The van der Waals surface area contributed by atoms with Crippen LogP contribution in [-0.4, -0.2) is 24.8 Å². The van der Waals surface area contributed by atoms with Crippen molar-refractivity contribution in [2.45, 2.75) is 13.5 Å². The highest BCUT2D eigenvalue weighted by Gasteiger charge is 2.02. The van der Waals surface area contributed by atoms with Crippen molar-refractivity contribution in [2.24, 2.45) is 0 Å². The van der Waals surface area contributed by atoms with E-state index < -0.39 is 0 Å². The van der Waals surface area contributed by atoms with E-state index in [2.05, 4.69) is 18.8 Å². The number of benzene rings is 1. The standard InChI is InChI=1S/C13H19NO2/c1-3-14-8-11(2)10-16-13-7-5-4-6-12(13)9-15/h4-7,14-15H,2-3,8-10H2,1H3. The normalized spacial score (nSPS) is 10.1. The molecular weight excluding hydrogens is 202 g/mol. The maximum Gasteiger partial charge on any atom is 0.125 e. The van der Waals surface area contributed by atoms with Gasteiger partial charge in [-0.05, 0) is 18.2 Å². The summed E-state index contributed by atoms with van der Waals surface area (Å²) in [6, 6.07) is 7.47. The summed E-state index contributed by atoms with van der Waals surface area (Å²) >= 11 is 0. The minimum absolute atomic E-state index is 0.00411. The van der Waals surface area contributed by atoms with Gasteiger partial charge in [0.2, 0.25) is 0 Å². The molecular formula is C13H19NO2. The van der Waals surface area contributed by atoms with Gasteiger partial charge in [0.25, 0.3) is 0 Å². The molecule has 0 radical (unpaired) electrons. The summed E-state index contributed by atoms with van der Waals surface area (Å²) in [6.45, 7) is 8.12. The second-order valence-electron chi connectivity index (χ2n) is 3.58. The largest absolute Gasteiger partial charge is 0.489 e. The van der Waals surface area contributed by atoms with E-state index in [1.807, 2.05) is 24.3 Å². The third-order valence-electron chi connectivity index (χ3n) is 2.20. The zero-order chi connectivity index (χ0) is 11.8. The molecule has 1 rings (SSSR count). The SMILES string of the molecule is C=C(CNCC)COc1ccccc1CO. The Morgan fingerprint density at radius 2 is 2.19 bits per heavy atom. The van der Waals surface area contributed by atoms with Crippen molar-refractivity contribution >= 4 is 0 Å². The van der Waals surface area contributed by atoms with Crippen LogP contribution in [0.5, 0.6) is 5.75 Å². The number of hydrogen-bond donors (Lipinski definition) is 2. The molecule has 88 valence electrons. The van der Waals surface area contributed by atoms with Crippen molar-refractivity contribution in [1.82, 2.24) is 5.32 Å². The lowest BCUT2D eigenvalue weighted by Gasteiger charge is -2.11. The van der Waals surface area contributed by atoms with Crippen LogP contribution in [0, 0.1) is 0 Å². The van der Waals surface area contributed by atoms with Gasteiger partial charge in [-0.15, -0.1) is 0 Å². The molecule has 0 saturated carbocycles. The minimum atomic E-state index is -0.00411. The van der Waals surface area contributed by atoms with Gasteiger partial charge in [0.15, 0.2) is 0 Å². The predicted molar refractivity (Wildman–Crippen MR) is 65.5 cm³/mol. The van der Waals surface area contributed by atoms with Crippen LogP contribution in [0.2, 0.25) is 0 Å². The van der Waals surface area contributed by atoms with E-state index in [9.17, 15) is 0 Å². The Morgan fingerprint density at radius 1 is 1.44 bits per heavy atom. The van der Waals surface area contributed by atoms with Gasteiger partial charge in [0, 0.05) is 12.1 Å². The lowest BCUT2D eigenvalue weighted by molar-refractivity contribution is 0.268. The second-order valence-corrected chi connectivity index (χ2v) is 3.58. The fourth-order valence-electron chi connectivity index (χ4n) is 1.31. The van der Waals surface area contributed by atoms with E-state index in [4.69, 9.17) is 9.84 Å². The molecule has 0 heterocycles. The van der Waals surface area contributed by atoms with Gasteiger partial charge >= 0.3 is 0 Å². The summed E-state index contributed by atoms with van der Waals surface area (Å²) in [5, 5.41) is 12.3. The Hall–Kier alpha value is -1.32. The van der Waals surface area contributed by atoms with Crippen LogP contribution in [-0.2, 0) is 6.61 Å². The smallest absolute Gasteiger partial charge is 0.125 e. The molecule has 0 aliphatic heterocycles. The van der Waals surface area contributed by atoms with Crippen LogP contribution in [0.15, 0.2) is 36.4 Å². The zero-order valence-corrected chi connectivity index (χ0v) is 9.70. The molecule has 16 heavy (non-hydrogen) atoms. The number of likely N-dealkylation sites (N-methyl/N-ethyl adjacent to an activating group) is 1. The molecule has 1 aromatic carbocycles. The van der Waals surface area contributed by atoms with Crippen molar-refractivity contribution in [1.29, 1.82) is 0 Å². The summed E-state index contributed by atoms with van der Waals surface area (Å²) in [5.41, 5.74) is 1.80. The van der Waals surface area contributed by atoms with Crippen molar-refractivity contribution < 1.29 is 9.84 Å². The Bertz CT molecular complexity index is 336. The molecule has 1 aromatic rings. The lowest BCUT2D eigenvalue weighted by Crippen LogP contribution is -2.19. The minimum Gasteiger partial charge on any atom is -0.489 e. The van der Waals surface area contributed by atoms with Gasteiger partial charge in [-0.3, -0.25) is 0 Å². The van der Waals surface area contributed by atoms with Crippen LogP contribution in [0.1, 0.15) is 12.5 Å². The number of ether oxygens (including phenoxy) is 1. The molecule has 2 N–H and O–H groups in total. The number of hydrogen-bond acceptors (Lipinski definition) is 3. The molecule has 0 spiro atoms. The predicted octanol–water partition coefficient (Wildman–Crippen LogP) is 1.72. The first kappa shape index (κ1) is 12.7. The van der Waals surface area contributed by atoms with E-state index in [0.717, 1.165) is 30.0 Å². The molecule has 0 atom stereocenters. The van der Waals surface area contributed by atoms with Crippen LogP contribution < -0.4 is 10.1 Å². The monoisotopic (exact) mass is 221 g/mol. The third kappa shape index (κ3) is 4.04. The van der Waals surface area contributed by atoms with Crippen molar-refractivity contribution in [3.05, 3.63) is 42.0 Å². The van der Waals surface area contributed by atoms with E-state index in [1.54, 1.807) is 0 Å². The van der Waals surface area contributed by atoms with Crippen LogP contribution in [0.25, 0.3) is 0 Å². The Balaban J connectivity index is 2.44. The van der Waals surface area contributed by atoms with Crippen molar-refractivity contribution in [3.8, 4) is 5.75 Å². The van der Waals surface area contributed by atoms with Crippen LogP contribution in [0.4, 0.5) is 0 Å². The third-order valence-corrected chi connectivity index (χ3v) is 2.20. The highest BCUT2D eigenvalue weighted by Crippen LogP contribution is 2.17. The fourth-order valence-corrected chi connectivity index (χ4v) is 1.31. The second kappa shape index (κ2) is 7.04. The number of aliphatic hydroxyl groups is 1. The summed E-state index contributed by atoms with van der Waals surface area (Å²) in [6.07, 6.45) is 0. The Labute approximate surface area is 96.8 Å². The average molecular weight is 221 g/mol. The number of rotatable bonds is 7. The van der Waals surface area contributed by atoms with Crippen molar-refractivity contribution in [2.75, 3.05) is 19.7 Å². The van der Waals surface area contributed by atoms with Crippen LogP contribution in [0.3, 0.4) is 0 Å². The van der Waals surface area contributed by atoms with Gasteiger partial charge in [-0.2, -0.15) is 0 Å². The molecule has 0 fully saturated rings. The maximum atomic E-state index is 9.11. The number of aliphatic hydroxyl groups excluding tert-OH is 1. The molecule has 3 nitrogen and oxygen atoms in total. The van der Waals surface area contributed by atoms with Gasteiger partial charge in [-0.25, -0.2) is 0 Å². The first-order chi connectivity index (χ1) is 7.77. The van der Waals surface area contributed by atoms with Gasteiger partial charge in [0.1, 0.15) is 12.4 Å². The molecule has 0 aliphatic rings. The Morgan fingerprint density at radius 3 is 2.88 bits per heavy atom. The summed E-state index contributed by atoms with van der Waals surface area (Å²) in [5.74, 6) is 0.725. The van der Waals surface area contributed by atoms with Gasteiger partial charge < -0.3 is 15.2 Å². The molecule has 0 amide bonds.